The molecule has 1 atom stereocenters. The van der Waals surface area contributed by atoms with Crippen molar-refractivity contribution in [2.45, 2.75) is 69.4 Å². The van der Waals surface area contributed by atoms with Crippen LogP contribution in [-0.4, -0.2) is 54.1 Å². The lowest BCUT2D eigenvalue weighted by Crippen LogP contribution is -2.64. The van der Waals surface area contributed by atoms with Crippen LogP contribution in [0, 0.1) is 5.92 Å². The Balaban J connectivity index is 1.63. The summed E-state index contributed by atoms with van der Waals surface area (Å²) in [5.74, 6) is 0.145. The lowest BCUT2D eigenvalue weighted by Gasteiger charge is -2.49. The summed E-state index contributed by atoms with van der Waals surface area (Å²) in [4.78, 5) is 13.9. The third-order valence-electron chi connectivity index (χ3n) is 7.83. The van der Waals surface area contributed by atoms with E-state index in [0.29, 0.717) is 12.6 Å². The Morgan fingerprint density at radius 2 is 1.61 bits per heavy atom. The van der Waals surface area contributed by atoms with Gasteiger partial charge < -0.3 is 14.9 Å². The highest BCUT2D eigenvalue weighted by molar-refractivity contribution is 5.89. The fraction of sp³-hybridized carbons (Fsp3) is 0.708. The maximum atomic E-state index is 13.9. The van der Waals surface area contributed by atoms with Gasteiger partial charge in [0.15, 0.2) is 5.60 Å². The van der Waals surface area contributed by atoms with Crippen LogP contribution in [0.4, 0.5) is 0 Å². The van der Waals surface area contributed by atoms with Crippen molar-refractivity contribution in [3.8, 4) is 0 Å². The van der Waals surface area contributed by atoms with E-state index in [2.05, 4.69) is 5.32 Å². The first-order chi connectivity index (χ1) is 13.7. The van der Waals surface area contributed by atoms with Gasteiger partial charge in [0.25, 0.3) is 0 Å². The minimum atomic E-state index is -1.31. The van der Waals surface area contributed by atoms with Gasteiger partial charge in [-0.05, 0) is 43.6 Å². The highest BCUT2D eigenvalue weighted by atomic mass is 16.3. The first-order valence-electron chi connectivity index (χ1n) is 11.5. The molecule has 2 aliphatic heterocycles. The molecule has 4 rings (SSSR count). The monoisotopic (exact) mass is 385 g/mol. The average molecular weight is 386 g/mol. The van der Waals surface area contributed by atoms with Crippen molar-refractivity contribution in [3.63, 3.8) is 0 Å². The minimum absolute atomic E-state index is 0.0697. The van der Waals surface area contributed by atoms with Crippen LogP contribution in [0.3, 0.4) is 0 Å². The zero-order valence-corrected chi connectivity index (χ0v) is 17.2. The molecule has 2 N–H and O–H groups in total. The van der Waals surface area contributed by atoms with Gasteiger partial charge in [-0.2, -0.15) is 0 Å². The van der Waals surface area contributed by atoms with E-state index >= 15 is 0 Å². The Morgan fingerprint density at radius 1 is 0.964 bits per heavy atom. The smallest absolute Gasteiger partial charge is 0.223 e. The summed E-state index contributed by atoms with van der Waals surface area (Å²) in [6, 6.07) is 10.4. The molecule has 1 unspecified atom stereocenters. The Kier molecular flexibility index (Phi) is 6.19. The Hall–Kier alpha value is -1.23. The molecular formula is C24H37N2O2+. The fourth-order valence-electron chi connectivity index (χ4n) is 6.22. The van der Waals surface area contributed by atoms with Crippen molar-refractivity contribution in [1.29, 1.82) is 0 Å². The number of hydrogen-bond donors (Lipinski definition) is 2. The maximum Gasteiger partial charge on any atom is 0.223 e. The molecule has 0 aromatic heterocycles. The summed E-state index contributed by atoms with van der Waals surface area (Å²) < 4.78 is 0.919. The van der Waals surface area contributed by atoms with Gasteiger partial charge in [0.2, 0.25) is 5.78 Å². The van der Waals surface area contributed by atoms with Gasteiger partial charge in [0.1, 0.15) is 6.54 Å². The van der Waals surface area contributed by atoms with E-state index in [9.17, 15) is 9.90 Å². The molecule has 0 spiro atoms. The van der Waals surface area contributed by atoms with Gasteiger partial charge in [-0.3, -0.25) is 4.79 Å². The van der Waals surface area contributed by atoms with Crippen LogP contribution < -0.4 is 5.32 Å². The maximum absolute atomic E-state index is 13.9. The molecule has 1 saturated carbocycles. The average Bonchev–Trinajstić information content (AvgIpc) is 3.30. The predicted molar refractivity (Wildman–Crippen MR) is 112 cm³/mol. The number of benzene rings is 1. The Morgan fingerprint density at radius 3 is 2.25 bits per heavy atom. The number of carbonyl (C=O) groups excluding carboxylic acids is 1. The van der Waals surface area contributed by atoms with Gasteiger partial charge in [-0.1, -0.05) is 43.2 Å². The van der Waals surface area contributed by atoms with E-state index in [1.807, 2.05) is 30.3 Å². The van der Waals surface area contributed by atoms with Crippen LogP contribution in [0.2, 0.25) is 0 Å². The van der Waals surface area contributed by atoms with E-state index in [1.165, 1.54) is 19.3 Å². The van der Waals surface area contributed by atoms with Gasteiger partial charge in [0.05, 0.1) is 19.1 Å². The first kappa shape index (κ1) is 20.1. The first-order valence-corrected chi connectivity index (χ1v) is 11.5. The molecule has 28 heavy (non-hydrogen) atoms. The van der Waals surface area contributed by atoms with Gasteiger partial charge in [-0.25, -0.2) is 0 Å². The second-order valence-corrected chi connectivity index (χ2v) is 9.40. The van der Waals surface area contributed by atoms with Crippen molar-refractivity contribution in [1.82, 2.24) is 5.32 Å². The number of Topliss-reactive ketones (excluding diaryl/α,β-unsaturated/α-hetero) is 1. The van der Waals surface area contributed by atoms with Crippen molar-refractivity contribution in [2.24, 2.45) is 5.92 Å². The molecule has 1 aliphatic carbocycles. The molecule has 2 saturated heterocycles. The van der Waals surface area contributed by atoms with Gasteiger partial charge in [-0.15, -0.1) is 0 Å². The van der Waals surface area contributed by atoms with Crippen LogP contribution in [0.5, 0.6) is 0 Å². The summed E-state index contributed by atoms with van der Waals surface area (Å²) in [5.41, 5.74) is -0.500. The van der Waals surface area contributed by atoms with Gasteiger partial charge >= 0.3 is 0 Å². The Labute approximate surface area is 169 Å². The largest absolute Gasteiger partial charge is 0.377 e. The molecule has 1 aromatic carbocycles. The molecule has 0 bridgehead atoms. The number of likely N-dealkylation sites (tertiary alicyclic amines) is 1. The van der Waals surface area contributed by atoms with Crippen LogP contribution in [0.1, 0.15) is 63.4 Å². The summed E-state index contributed by atoms with van der Waals surface area (Å²) in [6.45, 7) is 4.83. The Bertz CT molecular complexity index is 644. The normalized spacial score (nSPS) is 26.0. The summed E-state index contributed by atoms with van der Waals surface area (Å²) in [5, 5.41) is 15.4. The highest BCUT2D eigenvalue weighted by Gasteiger charge is 2.50. The molecule has 4 nitrogen and oxygen atoms in total. The van der Waals surface area contributed by atoms with Crippen LogP contribution in [0.15, 0.2) is 30.3 Å². The van der Waals surface area contributed by atoms with E-state index in [0.717, 1.165) is 74.8 Å². The van der Waals surface area contributed by atoms with Crippen LogP contribution in [0.25, 0.3) is 0 Å². The number of nitrogens with zero attached hydrogens (tertiary/aromatic N) is 1. The van der Waals surface area contributed by atoms with E-state index in [4.69, 9.17) is 0 Å². The van der Waals surface area contributed by atoms with Crippen molar-refractivity contribution >= 4 is 5.78 Å². The van der Waals surface area contributed by atoms with Crippen molar-refractivity contribution in [2.75, 3.05) is 32.7 Å². The van der Waals surface area contributed by atoms with Crippen molar-refractivity contribution < 1.29 is 14.4 Å². The lowest BCUT2D eigenvalue weighted by molar-refractivity contribution is -0.949. The van der Waals surface area contributed by atoms with Gasteiger partial charge in [0, 0.05) is 25.9 Å². The summed E-state index contributed by atoms with van der Waals surface area (Å²) in [7, 11) is 0. The second-order valence-electron chi connectivity index (χ2n) is 9.40. The number of quaternary nitrogens is 1. The zero-order valence-electron chi connectivity index (χ0n) is 17.2. The van der Waals surface area contributed by atoms with E-state index in [-0.39, 0.29) is 11.7 Å². The number of aliphatic hydroxyl groups is 1. The highest BCUT2D eigenvalue weighted by Crippen LogP contribution is 2.42. The standard InChI is InChI=1S/C24H37N2O2/c27-23(19-26(17-7-2-8-18-26)22-13-15-25-16-14-22)24(28,21-11-5-6-12-21)20-9-3-1-4-10-20/h1,3-4,9-10,21-22,25,28H,2,5-8,11-19H2/q+1. The number of hydrogen-bond acceptors (Lipinski definition) is 3. The third-order valence-corrected chi connectivity index (χ3v) is 7.83. The third kappa shape index (κ3) is 3.79. The fourth-order valence-corrected chi connectivity index (χ4v) is 6.22. The molecular weight excluding hydrogens is 348 g/mol. The predicted octanol–water partition coefficient (Wildman–Crippen LogP) is 3.39. The second kappa shape index (κ2) is 8.64. The quantitative estimate of drug-likeness (QED) is 0.738. The molecule has 0 amide bonds. The molecule has 0 radical (unpaired) electrons. The van der Waals surface area contributed by atoms with E-state index in [1.54, 1.807) is 0 Å². The number of piperidine rings is 2. The summed E-state index contributed by atoms with van der Waals surface area (Å²) >= 11 is 0. The number of ketones is 1. The lowest BCUT2D eigenvalue weighted by atomic mass is 9.76. The topological polar surface area (TPSA) is 49.3 Å². The minimum Gasteiger partial charge on any atom is -0.377 e. The molecule has 1 aromatic rings. The molecule has 154 valence electrons. The number of nitrogens with one attached hydrogen (secondary N) is 1. The zero-order chi connectivity index (χ0) is 19.5. The molecule has 4 heteroatoms. The van der Waals surface area contributed by atoms with Crippen LogP contribution in [-0.2, 0) is 10.4 Å². The summed E-state index contributed by atoms with van der Waals surface area (Å²) in [6.07, 6.45) is 10.2. The van der Waals surface area contributed by atoms with Crippen molar-refractivity contribution in [3.05, 3.63) is 35.9 Å². The van der Waals surface area contributed by atoms with E-state index < -0.39 is 5.60 Å². The number of rotatable bonds is 6. The number of carbonyl (C=O) groups is 1. The SMILES string of the molecule is O=C(C[N+]1(C2CCNCC2)CCCCC1)C(O)(c1ccccc1)C1CCCC1. The van der Waals surface area contributed by atoms with Crippen LogP contribution >= 0.6 is 0 Å². The molecule has 2 heterocycles. The molecule has 3 fully saturated rings. The molecule has 3 aliphatic rings.